The number of aromatic nitrogens is 2. The first-order valence-corrected chi connectivity index (χ1v) is 10.7. The van der Waals surface area contributed by atoms with E-state index in [0.29, 0.717) is 17.8 Å². The van der Waals surface area contributed by atoms with Gasteiger partial charge in [0.1, 0.15) is 11.7 Å². The summed E-state index contributed by atoms with van der Waals surface area (Å²) in [6.45, 7) is 1.96. The average Bonchev–Trinajstić information content (AvgIpc) is 2.81. The van der Waals surface area contributed by atoms with Crippen molar-refractivity contribution >= 4 is 5.78 Å². The van der Waals surface area contributed by atoms with Crippen molar-refractivity contribution in [2.45, 2.75) is 31.6 Å². The highest BCUT2D eigenvalue weighted by Crippen LogP contribution is 2.55. The van der Waals surface area contributed by atoms with E-state index < -0.39 is 11.3 Å². The Bertz CT molecular complexity index is 1200. The first-order chi connectivity index (χ1) is 15.1. The number of hydrogen-bond acceptors (Lipinski definition) is 5. The van der Waals surface area contributed by atoms with Crippen LogP contribution in [0.2, 0.25) is 0 Å². The Morgan fingerprint density at radius 2 is 1.87 bits per heavy atom. The van der Waals surface area contributed by atoms with E-state index >= 15 is 0 Å². The molecule has 1 fully saturated rings. The van der Waals surface area contributed by atoms with Crippen LogP contribution in [0.5, 0.6) is 5.75 Å². The number of carbonyl (C=O) groups excluding carboxylic acids is 1. The van der Waals surface area contributed by atoms with Crippen molar-refractivity contribution in [1.82, 2.24) is 9.97 Å². The predicted octanol–water partition coefficient (Wildman–Crippen LogP) is 4.45. The first-order valence-electron chi connectivity index (χ1n) is 10.7. The normalized spacial score (nSPS) is 27.1. The number of carbonyl (C=O) groups is 1. The van der Waals surface area contributed by atoms with Crippen molar-refractivity contribution < 1.29 is 9.90 Å². The highest BCUT2D eigenvalue weighted by atomic mass is 16.3. The molecule has 5 nitrogen and oxygen atoms in total. The molecule has 4 atom stereocenters. The van der Waals surface area contributed by atoms with Crippen LogP contribution in [-0.4, -0.2) is 20.9 Å². The average molecular weight is 409 g/mol. The van der Waals surface area contributed by atoms with Crippen LogP contribution in [-0.2, 0) is 16.6 Å². The van der Waals surface area contributed by atoms with Gasteiger partial charge in [-0.3, -0.25) is 4.79 Å². The number of ketones is 1. The quantitative estimate of drug-likeness (QED) is 0.676. The molecule has 0 radical (unpaired) electrons. The molecular weight excluding hydrogens is 386 g/mol. The molecule has 2 aliphatic carbocycles. The van der Waals surface area contributed by atoms with Gasteiger partial charge in [-0.05, 0) is 48.4 Å². The van der Waals surface area contributed by atoms with Gasteiger partial charge in [0.25, 0.3) is 0 Å². The molecule has 1 heterocycles. The summed E-state index contributed by atoms with van der Waals surface area (Å²) in [5.74, 6) is -0.197. The van der Waals surface area contributed by atoms with Gasteiger partial charge in [0.15, 0.2) is 11.6 Å². The van der Waals surface area contributed by atoms with Gasteiger partial charge >= 0.3 is 0 Å². The minimum Gasteiger partial charge on any atom is -0.507 e. The van der Waals surface area contributed by atoms with Crippen molar-refractivity contribution in [2.24, 2.45) is 17.8 Å². The van der Waals surface area contributed by atoms with Crippen LogP contribution in [0, 0.1) is 29.1 Å². The second-order valence-corrected chi connectivity index (χ2v) is 8.64. The summed E-state index contributed by atoms with van der Waals surface area (Å²) in [7, 11) is 0. The van der Waals surface area contributed by atoms with E-state index in [9.17, 15) is 15.2 Å². The van der Waals surface area contributed by atoms with E-state index in [0.717, 1.165) is 29.7 Å². The molecule has 3 aromatic rings. The van der Waals surface area contributed by atoms with Crippen LogP contribution in [0.3, 0.4) is 0 Å². The lowest BCUT2D eigenvalue weighted by atomic mass is 9.51. The molecule has 0 spiro atoms. The van der Waals surface area contributed by atoms with E-state index in [2.05, 4.69) is 23.2 Å². The predicted molar refractivity (Wildman–Crippen MR) is 116 cm³/mol. The fourth-order valence-corrected chi connectivity index (χ4v) is 5.68. The van der Waals surface area contributed by atoms with Gasteiger partial charge < -0.3 is 5.11 Å². The number of nitriles is 1. The van der Waals surface area contributed by atoms with Crippen LogP contribution >= 0.6 is 0 Å². The lowest BCUT2D eigenvalue weighted by molar-refractivity contribution is -0.131. The van der Waals surface area contributed by atoms with Crippen LogP contribution in [0.1, 0.15) is 36.6 Å². The lowest BCUT2D eigenvalue weighted by Crippen LogP contribution is -2.53. The first kappa shape index (κ1) is 19.4. The number of phenolic OH excluding ortho intramolecular Hbond substituents is 1. The zero-order valence-corrected chi connectivity index (χ0v) is 17.3. The number of para-hydroxylation sites is 1. The number of rotatable bonds is 2. The monoisotopic (exact) mass is 409 g/mol. The molecule has 0 bridgehead atoms. The molecule has 154 valence electrons. The molecule has 5 heteroatoms. The molecule has 0 aliphatic heterocycles. The summed E-state index contributed by atoms with van der Waals surface area (Å²) >= 11 is 0. The summed E-state index contributed by atoms with van der Waals surface area (Å²) in [6.07, 6.45) is 3.93. The van der Waals surface area contributed by atoms with E-state index in [1.807, 2.05) is 37.4 Å². The lowest BCUT2D eigenvalue weighted by Gasteiger charge is -2.51. The molecule has 1 saturated carbocycles. The number of aromatic hydroxyl groups is 1. The number of fused-ring (bicyclic) bond motifs is 3. The highest BCUT2D eigenvalue weighted by molar-refractivity contribution is 5.87. The number of nitrogens with zero attached hydrogens (tertiary/aromatic N) is 3. The Kier molecular flexibility index (Phi) is 4.59. The molecule has 1 aromatic heterocycles. The van der Waals surface area contributed by atoms with Gasteiger partial charge in [-0.2, -0.15) is 5.26 Å². The number of phenols is 1. The summed E-state index contributed by atoms with van der Waals surface area (Å²) in [5, 5.41) is 20.2. The van der Waals surface area contributed by atoms with E-state index in [-0.39, 0.29) is 23.4 Å². The Hall–Kier alpha value is -3.52. The van der Waals surface area contributed by atoms with E-state index in [4.69, 9.17) is 4.98 Å². The van der Waals surface area contributed by atoms with Crippen LogP contribution in [0.25, 0.3) is 11.4 Å². The van der Waals surface area contributed by atoms with Gasteiger partial charge in [0, 0.05) is 17.5 Å². The Balaban J connectivity index is 1.78. The summed E-state index contributed by atoms with van der Waals surface area (Å²) in [6, 6.07) is 19.5. The third-order valence-corrected chi connectivity index (χ3v) is 7.16. The number of hydrogen-bond donors (Lipinski definition) is 1. The maximum atomic E-state index is 12.9. The maximum absolute atomic E-state index is 12.9. The van der Waals surface area contributed by atoms with Crippen molar-refractivity contribution in [1.29, 1.82) is 5.26 Å². The number of aryl methyl sites for hydroxylation is 1. The smallest absolute Gasteiger partial charge is 0.163 e. The van der Waals surface area contributed by atoms with Crippen molar-refractivity contribution in [3.05, 3.63) is 77.6 Å². The molecule has 0 saturated heterocycles. The number of benzene rings is 2. The van der Waals surface area contributed by atoms with Gasteiger partial charge in [-0.25, -0.2) is 9.97 Å². The van der Waals surface area contributed by atoms with Crippen LogP contribution in [0.4, 0.5) is 0 Å². The van der Waals surface area contributed by atoms with Crippen LogP contribution < -0.4 is 0 Å². The van der Waals surface area contributed by atoms with Gasteiger partial charge in [-0.1, -0.05) is 49.4 Å². The summed E-state index contributed by atoms with van der Waals surface area (Å²) < 4.78 is 0. The molecule has 2 aliphatic rings. The minimum atomic E-state index is -0.666. The van der Waals surface area contributed by atoms with Crippen molar-refractivity contribution in [3.8, 4) is 23.2 Å². The molecule has 2 aromatic carbocycles. The fourth-order valence-electron chi connectivity index (χ4n) is 5.68. The zero-order chi connectivity index (χ0) is 21.6. The minimum absolute atomic E-state index is 0.0393. The molecule has 1 N–H and O–H groups in total. The Morgan fingerprint density at radius 3 is 2.61 bits per heavy atom. The standard InChI is InChI=1S/C26H23N3O2/c1-16-21-12-11-17-15-28-25(20-9-5-6-10-22(20)30)29-24(17)26(21,13-18(14-27)23(16)31)19-7-3-2-4-8-19/h2-10,15-16,18,21,30H,11-13H2,1H3/t16-,18?,21-,26+/m0/s1. The summed E-state index contributed by atoms with van der Waals surface area (Å²) in [4.78, 5) is 22.5. The largest absolute Gasteiger partial charge is 0.507 e. The zero-order valence-electron chi connectivity index (χ0n) is 17.3. The maximum Gasteiger partial charge on any atom is 0.163 e. The molecule has 1 unspecified atom stereocenters. The van der Waals surface area contributed by atoms with Gasteiger partial charge in [-0.15, -0.1) is 0 Å². The highest BCUT2D eigenvalue weighted by Gasteiger charge is 2.56. The topological polar surface area (TPSA) is 86.9 Å². The third kappa shape index (κ3) is 2.86. The van der Waals surface area contributed by atoms with E-state index in [1.165, 1.54) is 0 Å². The van der Waals surface area contributed by atoms with Crippen molar-refractivity contribution in [3.63, 3.8) is 0 Å². The molecule has 31 heavy (non-hydrogen) atoms. The fraction of sp³-hybridized carbons (Fsp3) is 0.308. The second kappa shape index (κ2) is 7.31. The number of Topliss-reactive ketones (excluding diaryl/α,β-unsaturated/α-hetero) is 1. The van der Waals surface area contributed by atoms with Gasteiger partial charge in [0.05, 0.1) is 17.3 Å². The molecular formula is C26H23N3O2. The Morgan fingerprint density at radius 1 is 1.13 bits per heavy atom. The van der Waals surface area contributed by atoms with Crippen LogP contribution in [0.15, 0.2) is 60.8 Å². The van der Waals surface area contributed by atoms with Gasteiger partial charge in [0.2, 0.25) is 0 Å². The molecule has 5 rings (SSSR count). The Labute approximate surface area is 181 Å². The van der Waals surface area contributed by atoms with Crippen molar-refractivity contribution in [2.75, 3.05) is 0 Å². The second-order valence-electron chi connectivity index (χ2n) is 8.64. The molecule has 0 amide bonds. The van der Waals surface area contributed by atoms with E-state index in [1.54, 1.807) is 18.2 Å². The SMILES string of the molecule is C[C@@H]1C(=O)C(C#N)C[C@]2(c3ccccc3)c3nc(-c4ccccc4O)ncc3CC[C@@H]12. The summed E-state index contributed by atoms with van der Waals surface area (Å²) in [5.41, 5.74) is 3.07. The third-order valence-electron chi connectivity index (χ3n) is 7.16.